The molecule has 164 valence electrons. The Balaban J connectivity index is 2.02. The van der Waals surface area contributed by atoms with E-state index in [4.69, 9.17) is 21.1 Å². The van der Waals surface area contributed by atoms with Crippen LogP contribution in [0.3, 0.4) is 0 Å². The lowest BCUT2D eigenvalue weighted by Crippen LogP contribution is -2.48. The molecular formula is C20H31ClN2O5S. The highest BCUT2D eigenvalue weighted by Crippen LogP contribution is 2.28. The number of amides is 1. The van der Waals surface area contributed by atoms with Crippen molar-refractivity contribution in [1.82, 2.24) is 9.62 Å². The second-order valence-electron chi connectivity index (χ2n) is 7.30. The van der Waals surface area contributed by atoms with Gasteiger partial charge in [0.2, 0.25) is 10.0 Å². The van der Waals surface area contributed by atoms with Crippen molar-refractivity contribution in [2.75, 3.05) is 32.8 Å². The Morgan fingerprint density at radius 1 is 1.24 bits per heavy atom. The van der Waals surface area contributed by atoms with Gasteiger partial charge < -0.3 is 14.8 Å². The van der Waals surface area contributed by atoms with Crippen molar-refractivity contribution in [3.05, 3.63) is 28.8 Å². The monoisotopic (exact) mass is 446 g/mol. The lowest BCUT2D eigenvalue weighted by atomic mass is 10.2. The largest absolute Gasteiger partial charge is 0.381 e. The Labute approximate surface area is 178 Å². The van der Waals surface area contributed by atoms with Crippen LogP contribution in [0.15, 0.2) is 23.1 Å². The Kier molecular flexibility index (Phi) is 9.36. The van der Waals surface area contributed by atoms with Crippen LogP contribution in [0.4, 0.5) is 0 Å². The summed E-state index contributed by atoms with van der Waals surface area (Å²) in [7, 11) is -3.83. The first-order valence-corrected chi connectivity index (χ1v) is 11.9. The summed E-state index contributed by atoms with van der Waals surface area (Å²) in [5, 5.41) is 2.89. The standard InChI is InChI=1S/C20H31ClN2O5S/c1-4-5-10-27-11-6-9-22-20(24)17-7-8-18(21)19(12-17)29(25,26)23-13-15(2)28-16(3)14-23/h7-8,12,15-16H,4-6,9-11,13-14H2,1-3H3,(H,22,24). The first-order valence-electron chi connectivity index (χ1n) is 10.1. The first-order chi connectivity index (χ1) is 13.8. The van der Waals surface area contributed by atoms with Crippen LogP contribution >= 0.6 is 11.6 Å². The number of benzene rings is 1. The summed E-state index contributed by atoms with van der Waals surface area (Å²) >= 11 is 6.18. The summed E-state index contributed by atoms with van der Waals surface area (Å²) in [5.74, 6) is -0.338. The zero-order chi connectivity index (χ0) is 21.4. The van der Waals surface area contributed by atoms with Gasteiger partial charge in [0.05, 0.1) is 17.2 Å². The molecule has 1 saturated heterocycles. The summed E-state index contributed by atoms with van der Waals surface area (Å²) in [6.45, 7) is 8.01. The number of hydrogen-bond donors (Lipinski definition) is 1. The van der Waals surface area contributed by atoms with Gasteiger partial charge >= 0.3 is 0 Å². The fourth-order valence-electron chi connectivity index (χ4n) is 3.14. The summed E-state index contributed by atoms with van der Waals surface area (Å²) in [4.78, 5) is 12.4. The number of nitrogens with one attached hydrogen (secondary N) is 1. The average Bonchev–Trinajstić information content (AvgIpc) is 2.66. The molecule has 1 aliphatic rings. The van der Waals surface area contributed by atoms with Crippen LogP contribution < -0.4 is 5.32 Å². The van der Waals surface area contributed by atoms with Crippen LogP contribution in [0.1, 0.15) is 50.4 Å². The van der Waals surface area contributed by atoms with Crippen molar-refractivity contribution >= 4 is 27.5 Å². The molecule has 1 N–H and O–H groups in total. The highest BCUT2D eigenvalue weighted by molar-refractivity contribution is 7.89. The summed E-state index contributed by atoms with van der Waals surface area (Å²) in [5.41, 5.74) is 0.259. The number of morpholine rings is 1. The van der Waals surface area contributed by atoms with Crippen LogP contribution in [0.25, 0.3) is 0 Å². The average molecular weight is 447 g/mol. The van der Waals surface area contributed by atoms with E-state index in [1.807, 2.05) is 13.8 Å². The molecule has 0 aliphatic carbocycles. The molecule has 0 radical (unpaired) electrons. The number of rotatable bonds is 10. The van der Waals surface area contributed by atoms with Crippen LogP contribution in [0, 0.1) is 0 Å². The Morgan fingerprint density at radius 3 is 2.55 bits per heavy atom. The second-order valence-corrected chi connectivity index (χ2v) is 9.61. The van der Waals surface area contributed by atoms with E-state index < -0.39 is 10.0 Å². The molecule has 2 atom stereocenters. The van der Waals surface area contributed by atoms with Crippen molar-refractivity contribution in [3.8, 4) is 0 Å². The number of sulfonamides is 1. The van der Waals surface area contributed by atoms with E-state index in [2.05, 4.69) is 12.2 Å². The van der Waals surface area contributed by atoms with Gasteiger partial charge in [0.15, 0.2) is 0 Å². The molecule has 0 spiro atoms. The molecule has 2 unspecified atom stereocenters. The minimum atomic E-state index is -3.83. The molecule has 1 heterocycles. The maximum atomic E-state index is 13.1. The van der Waals surface area contributed by atoms with E-state index in [9.17, 15) is 13.2 Å². The van der Waals surface area contributed by atoms with Crippen LogP contribution in [0.2, 0.25) is 5.02 Å². The minimum Gasteiger partial charge on any atom is -0.381 e. The zero-order valence-corrected chi connectivity index (χ0v) is 18.9. The number of ether oxygens (including phenoxy) is 2. The Morgan fingerprint density at radius 2 is 1.90 bits per heavy atom. The number of hydrogen-bond acceptors (Lipinski definition) is 5. The molecule has 0 saturated carbocycles. The number of nitrogens with zero attached hydrogens (tertiary/aromatic N) is 1. The summed E-state index contributed by atoms with van der Waals surface area (Å²) in [6, 6.07) is 4.32. The fraction of sp³-hybridized carbons (Fsp3) is 0.650. The maximum absolute atomic E-state index is 13.1. The molecular weight excluding hydrogens is 416 g/mol. The summed E-state index contributed by atoms with van der Waals surface area (Å²) < 4.78 is 38.6. The van der Waals surface area contributed by atoms with E-state index >= 15 is 0 Å². The van der Waals surface area contributed by atoms with E-state index in [1.165, 1.54) is 22.5 Å². The highest BCUT2D eigenvalue weighted by Gasteiger charge is 2.33. The lowest BCUT2D eigenvalue weighted by molar-refractivity contribution is -0.0440. The molecule has 1 amide bonds. The topological polar surface area (TPSA) is 84.9 Å². The van der Waals surface area contributed by atoms with Gasteiger partial charge in [-0.2, -0.15) is 4.31 Å². The van der Waals surface area contributed by atoms with Gasteiger partial charge in [-0.25, -0.2) is 8.42 Å². The SMILES string of the molecule is CCCCOCCCNC(=O)c1ccc(Cl)c(S(=O)(=O)N2CC(C)OC(C)C2)c1. The van der Waals surface area contributed by atoms with Crippen molar-refractivity contribution in [2.45, 2.75) is 57.1 Å². The van der Waals surface area contributed by atoms with Gasteiger partial charge in [-0.05, 0) is 44.9 Å². The second kappa shape index (κ2) is 11.3. The molecule has 1 aliphatic heterocycles. The van der Waals surface area contributed by atoms with E-state index in [0.717, 1.165) is 19.4 Å². The predicted molar refractivity (Wildman–Crippen MR) is 113 cm³/mol. The molecule has 1 aromatic carbocycles. The third-order valence-corrected chi connectivity index (χ3v) is 6.90. The molecule has 1 fully saturated rings. The molecule has 0 aromatic heterocycles. The van der Waals surface area contributed by atoms with Crippen molar-refractivity contribution in [2.24, 2.45) is 0 Å². The van der Waals surface area contributed by atoms with Crippen molar-refractivity contribution in [3.63, 3.8) is 0 Å². The Bertz CT molecular complexity index is 777. The predicted octanol–water partition coefficient (Wildman–Crippen LogP) is 3.07. The van der Waals surface area contributed by atoms with Crippen molar-refractivity contribution < 1.29 is 22.7 Å². The number of carbonyl (C=O) groups excluding carboxylic acids is 1. The van der Waals surface area contributed by atoms with Gasteiger partial charge in [-0.1, -0.05) is 24.9 Å². The molecule has 0 bridgehead atoms. The van der Waals surface area contributed by atoms with Crippen LogP contribution in [-0.4, -0.2) is 63.7 Å². The first kappa shape index (κ1) is 24.1. The van der Waals surface area contributed by atoms with Gasteiger partial charge in [0.1, 0.15) is 4.90 Å². The van der Waals surface area contributed by atoms with Gasteiger partial charge in [-0.3, -0.25) is 4.79 Å². The minimum absolute atomic E-state index is 0.0592. The molecule has 9 heteroatoms. The number of unbranched alkanes of at least 4 members (excludes halogenated alkanes) is 1. The summed E-state index contributed by atoms with van der Waals surface area (Å²) in [6.07, 6.45) is 2.38. The molecule has 1 aromatic rings. The van der Waals surface area contributed by atoms with E-state index in [1.54, 1.807) is 0 Å². The van der Waals surface area contributed by atoms with E-state index in [0.29, 0.717) is 19.6 Å². The van der Waals surface area contributed by atoms with Crippen LogP contribution in [-0.2, 0) is 19.5 Å². The third kappa shape index (κ3) is 6.93. The highest BCUT2D eigenvalue weighted by atomic mass is 35.5. The Hall–Kier alpha value is -1.19. The lowest BCUT2D eigenvalue weighted by Gasteiger charge is -2.34. The molecule has 29 heavy (non-hydrogen) atoms. The normalized spacial score (nSPS) is 20.6. The fourth-order valence-corrected chi connectivity index (χ4v) is 5.23. The van der Waals surface area contributed by atoms with Gasteiger partial charge in [0, 0.05) is 38.4 Å². The number of halogens is 1. The van der Waals surface area contributed by atoms with Crippen molar-refractivity contribution in [1.29, 1.82) is 0 Å². The smallest absolute Gasteiger partial charge is 0.251 e. The maximum Gasteiger partial charge on any atom is 0.251 e. The van der Waals surface area contributed by atoms with Gasteiger partial charge in [-0.15, -0.1) is 0 Å². The van der Waals surface area contributed by atoms with Gasteiger partial charge in [0.25, 0.3) is 5.91 Å². The van der Waals surface area contributed by atoms with Crippen LogP contribution in [0.5, 0.6) is 0 Å². The van der Waals surface area contributed by atoms with E-state index in [-0.39, 0.29) is 46.7 Å². The molecule has 7 nitrogen and oxygen atoms in total. The zero-order valence-electron chi connectivity index (χ0n) is 17.3. The molecule has 2 rings (SSSR count). The number of carbonyl (C=O) groups is 1. The quantitative estimate of drug-likeness (QED) is 0.558. The third-order valence-electron chi connectivity index (χ3n) is 4.59.